The van der Waals surface area contributed by atoms with E-state index in [1.807, 2.05) is 39.0 Å². The maximum Gasteiger partial charge on any atom is 0.259 e. The highest BCUT2D eigenvalue weighted by Gasteiger charge is 2.38. The number of anilines is 2. The highest BCUT2D eigenvalue weighted by Crippen LogP contribution is 2.36. The summed E-state index contributed by atoms with van der Waals surface area (Å²) in [7, 11) is 0. The molecule has 0 bridgehead atoms. The predicted octanol–water partition coefficient (Wildman–Crippen LogP) is 4.01. The highest BCUT2D eigenvalue weighted by molar-refractivity contribution is 6.17. The van der Waals surface area contributed by atoms with Gasteiger partial charge in [-0.25, -0.2) is 0 Å². The Balaban J connectivity index is 1.66. The fraction of sp³-hybridized carbons (Fsp3) is 0.444. The van der Waals surface area contributed by atoms with E-state index in [9.17, 15) is 14.4 Å². The van der Waals surface area contributed by atoms with E-state index >= 15 is 0 Å². The molecule has 3 atom stereocenters. The second kappa shape index (κ2) is 9.97. The number of nitrogens with two attached hydrogens (primary N) is 1. The molecule has 3 amide bonds. The summed E-state index contributed by atoms with van der Waals surface area (Å²) in [5.74, 6) is -0.472. The van der Waals surface area contributed by atoms with E-state index in [4.69, 9.17) is 5.73 Å². The number of hydrogen-bond acceptors (Lipinski definition) is 4. The van der Waals surface area contributed by atoms with Crippen molar-refractivity contribution in [3.8, 4) is 0 Å². The van der Waals surface area contributed by atoms with Crippen molar-refractivity contribution < 1.29 is 14.4 Å². The summed E-state index contributed by atoms with van der Waals surface area (Å²) in [4.78, 5) is 41.3. The summed E-state index contributed by atoms with van der Waals surface area (Å²) in [6, 6.07) is 11.8. The number of carbonyl (C=O) groups excluding carboxylic acids is 3. The van der Waals surface area contributed by atoms with Gasteiger partial charge in [0.05, 0.1) is 11.4 Å². The fourth-order valence-electron chi connectivity index (χ4n) is 4.91. The van der Waals surface area contributed by atoms with Crippen LogP contribution >= 0.6 is 0 Å². The lowest BCUT2D eigenvalue weighted by molar-refractivity contribution is -0.117. The zero-order valence-corrected chi connectivity index (χ0v) is 20.1. The van der Waals surface area contributed by atoms with Crippen LogP contribution in [0.15, 0.2) is 42.5 Å². The molecule has 2 aliphatic rings. The van der Waals surface area contributed by atoms with Gasteiger partial charge in [0, 0.05) is 23.2 Å². The van der Waals surface area contributed by atoms with Crippen molar-refractivity contribution in [1.82, 2.24) is 5.32 Å². The second-order valence-corrected chi connectivity index (χ2v) is 9.94. The van der Waals surface area contributed by atoms with Crippen LogP contribution in [0.25, 0.3) is 0 Å². The molecular formula is C27H34N4O3. The quantitative estimate of drug-likeness (QED) is 0.624. The molecule has 180 valence electrons. The third-order valence-electron chi connectivity index (χ3n) is 6.70. The van der Waals surface area contributed by atoms with Crippen molar-refractivity contribution in [3.05, 3.63) is 59.2 Å². The van der Waals surface area contributed by atoms with E-state index in [1.54, 1.807) is 29.2 Å². The van der Waals surface area contributed by atoms with Gasteiger partial charge in [-0.05, 0) is 62.4 Å². The van der Waals surface area contributed by atoms with E-state index in [0.29, 0.717) is 28.9 Å². The predicted molar refractivity (Wildman–Crippen MR) is 134 cm³/mol. The van der Waals surface area contributed by atoms with Crippen molar-refractivity contribution in [2.24, 2.45) is 11.7 Å². The monoisotopic (exact) mass is 462 g/mol. The van der Waals surface area contributed by atoms with Crippen molar-refractivity contribution in [2.45, 2.75) is 71.0 Å². The van der Waals surface area contributed by atoms with Gasteiger partial charge in [0.2, 0.25) is 5.91 Å². The number of rotatable bonds is 5. The molecule has 0 spiro atoms. The summed E-state index contributed by atoms with van der Waals surface area (Å²) in [5, 5.41) is 5.98. The Hall–Kier alpha value is -3.19. The number of fused-ring (bicyclic) bond motifs is 1. The number of benzene rings is 2. The van der Waals surface area contributed by atoms with Crippen LogP contribution in [0.4, 0.5) is 11.4 Å². The molecule has 1 saturated carbocycles. The van der Waals surface area contributed by atoms with Gasteiger partial charge in [0.25, 0.3) is 11.8 Å². The van der Waals surface area contributed by atoms with Crippen molar-refractivity contribution in [1.29, 1.82) is 0 Å². The van der Waals surface area contributed by atoms with Gasteiger partial charge in [-0.3, -0.25) is 19.3 Å². The number of nitrogens with one attached hydrogen (secondary N) is 2. The minimum Gasteiger partial charge on any atom is -0.348 e. The fourth-order valence-corrected chi connectivity index (χ4v) is 4.91. The average Bonchev–Trinajstić information content (AvgIpc) is 2.80. The molecule has 4 N–H and O–H groups in total. The molecule has 0 aromatic heterocycles. The average molecular weight is 463 g/mol. The zero-order chi connectivity index (χ0) is 24.4. The van der Waals surface area contributed by atoms with Crippen molar-refractivity contribution in [2.75, 3.05) is 10.2 Å². The first-order chi connectivity index (χ1) is 16.2. The van der Waals surface area contributed by atoms with Gasteiger partial charge >= 0.3 is 0 Å². The number of amides is 3. The Morgan fingerprint density at radius 2 is 1.88 bits per heavy atom. The summed E-state index contributed by atoms with van der Waals surface area (Å²) >= 11 is 0. The summed E-state index contributed by atoms with van der Waals surface area (Å²) in [6.07, 6.45) is 4.43. The number of aryl methyl sites for hydroxylation is 1. The molecule has 2 aromatic rings. The first kappa shape index (κ1) is 24.0. The van der Waals surface area contributed by atoms with Gasteiger partial charge in [0.1, 0.15) is 6.04 Å². The number of hydrogen-bond donors (Lipinski definition) is 3. The lowest BCUT2D eigenvalue weighted by Gasteiger charge is -2.37. The molecular weight excluding hydrogens is 428 g/mol. The third-order valence-corrected chi connectivity index (χ3v) is 6.70. The summed E-state index contributed by atoms with van der Waals surface area (Å²) in [5.41, 5.74) is 9.19. The molecule has 1 aliphatic heterocycles. The summed E-state index contributed by atoms with van der Waals surface area (Å²) < 4.78 is 0. The summed E-state index contributed by atoms with van der Waals surface area (Å²) in [6.45, 7) is 5.99. The molecule has 7 nitrogen and oxygen atoms in total. The molecule has 1 heterocycles. The Morgan fingerprint density at radius 3 is 2.59 bits per heavy atom. The van der Waals surface area contributed by atoms with Crippen LogP contribution in [0, 0.1) is 12.8 Å². The molecule has 0 saturated heterocycles. The molecule has 2 aromatic carbocycles. The smallest absolute Gasteiger partial charge is 0.259 e. The van der Waals surface area contributed by atoms with Crippen LogP contribution in [-0.2, 0) is 4.79 Å². The largest absolute Gasteiger partial charge is 0.348 e. The van der Waals surface area contributed by atoms with E-state index in [0.717, 1.165) is 31.2 Å². The van der Waals surface area contributed by atoms with Crippen LogP contribution in [0.5, 0.6) is 0 Å². The van der Waals surface area contributed by atoms with Gasteiger partial charge in [-0.15, -0.1) is 0 Å². The van der Waals surface area contributed by atoms with Gasteiger partial charge in [0.15, 0.2) is 0 Å². The van der Waals surface area contributed by atoms with Crippen molar-refractivity contribution in [3.63, 3.8) is 0 Å². The Morgan fingerprint density at radius 1 is 1.12 bits per heavy atom. The first-order valence-electron chi connectivity index (χ1n) is 12.2. The minimum atomic E-state index is -0.625. The normalized spacial score (nSPS) is 22.2. The molecule has 1 fully saturated rings. The SMILES string of the molecule is Cc1cccc(C(=O)N2c3ccc(C(=O)NC4CCCCC4N)cc3NC(=O)C2CC(C)C)c1. The maximum atomic E-state index is 13.6. The molecule has 7 heteroatoms. The lowest BCUT2D eigenvalue weighted by Crippen LogP contribution is -2.52. The molecule has 0 radical (unpaired) electrons. The van der Waals surface area contributed by atoms with Crippen LogP contribution in [0.2, 0.25) is 0 Å². The van der Waals surface area contributed by atoms with Crippen LogP contribution in [-0.4, -0.2) is 35.8 Å². The molecule has 1 aliphatic carbocycles. The van der Waals surface area contributed by atoms with Crippen LogP contribution in [0.3, 0.4) is 0 Å². The van der Waals surface area contributed by atoms with E-state index in [-0.39, 0.29) is 35.7 Å². The molecule has 3 unspecified atom stereocenters. The van der Waals surface area contributed by atoms with E-state index in [1.165, 1.54) is 0 Å². The van der Waals surface area contributed by atoms with Gasteiger partial charge in [-0.2, -0.15) is 0 Å². The first-order valence-corrected chi connectivity index (χ1v) is 12.2. The second-order valence-electron chi connectivity index (χ2n) is 9.94. The van der Waals surface area contributed by atoms with E-state index in [2.05, 4.69) is 10.6 Å². The zero-order valence-electron chi connectivity index (χ0n) is 20.1. The van der Waals surface area contributed by atoms with Gasteiger partial charge in [-0.1, -0.05) is 44.4 Å². The number of carbonyl (C=O) groups is 3. The van der Waals surface area contributed by atoms with Crippen LogP contribution in [0.1, 0.15) is 72.2 Å². The van der Waals surface area contributed by atoms with Crippen LogP contribution < -0.4 is 21.3 Å². The Kier molecular flexibility index (Phi) is 7.03. The highest BCUT2D eigenvalue weighted by atomic mass is 16.2. The molecule has 4 rings (SSSR count). The Labute approximate surface area is 201 Å². The Bertz CT molecular complexity index is 1100. The van der Waals surface area contributed by atoms with Gasteiger partial charge < -0.3 is 16.4 Å². The van der Waals surface area contributed by atoms with E-state index < -0.39 is 6.04 Å². The lowest BCUT2D eigenvalue weighted by atomic mass is 9.91. The van der Waals surface area contributed by atoms with Crippen molar-refractivity contribution >= 4 is 29.1 Å². The maximum absolute atomic E-state index is 13.6. The third kappa shape index (κ3) is 4.99. The molecule has 34 heavy (non-hydrogen) atoms. The minimum absolute atomic E-state index is 0.0470. The topological polar surface area (TPSA) is 105 Å². The number of nitrogens with zero attached hydrogens (tertiary/aromatic N) is 1. The standard InChI is InChI=1S/C27H34N4O3/c1-16(2)13-24-26(33)30-22-15-18(25(32)29-21-10-5-4-9-20(21)28)11-12-23(22)31(24)27(34)19-8-6-7-17(3)14-19/h6-8,11-12,14-16,20-21,24H,4-5,9-10,13,28H2,1-3H3,(H,29,32)(H,30,33).